The fourth-order valence-electron chi connectivity index (χ4n) is 2.57. The second-order valence-electron chi connectivity index (χ2n) is 6.04. The quantitative estimate of drug-likeness (QED) is 0.343. The standard InChI is InChI=1S/C18H37NO2/c1-3-5-6-7-8-9-10-11-12-13-14-15-16-17(19)18(20)21-4-2/h17H,3-16,19H2,1-2H3. The Kier molecular flexibility index (Phi) is 15.4. The summed E-state index contributed by atoms with van der Waals surface area (Å²) in [6, 6.07) is -0.423. The van der Waals surface area contributed by atoms with E-state index in [2.05, 4.69) is 6.92 Å². The molecule has 0 aliphatic carbocycles. The normalized spacial score (nSPS) is 12.3. The van der Waals surface area contributed by atoms with E-state index in [1.54, 1.807) is 0 Å². The van der Waals surface area contributed by atoms with Crippen LogP contribution in [0.2, 0.25) is 0 Å². The molecule has 2 N–H and O–H groups in total. The first kappa shape index (κ1) is 20.4. The number of rotatable bonds is 15. The van der Waals surface area contributed by atoms with E-state index in [-0.39, 0.29) is 5.97 Å². The monoisotopic (exact) mass is 299 g/mol. The van der Waals surface area contributed by atoms with Crippen molar-refractivity contribution in [2.24, 2.45) is 5.73 Å². The van der Waals surface area contributed by atoms with Crippen molar-refractivity contribution in [3.8, 4) is 0 Å². The van der Waals surface area contributed by atoms with E-state index in [0.29, 0.717) is 6.61 Å². The molecule has 3 heteroatoms. The highest BCUT2D eigenvalue weighted by molar-refractivity contribution is 5.75. The van der Waals surface area contributed by atoms with E-state index in [0.717, 1.165) is 12.8 Å². The third-order valence-electron chi connectivity index (χ3n) is 3.96. The molecule has 0 fully saturated rings. The number of esters is 1. The van der Waals surface area contributed by atoms with Crippen LogP contribution in [0.5, 0.6) is 0 Å². The van der Waals surface area contributed by atoms with Crippen LogP contribution >= 0.6 is 0 Å². The van der Waals surface area contributed by atoms with Gasteiger partial charge in [-0.3, -0.25) is 4.79 Å². The molecule has 1 atom stereocenters. The van der Waals surface area contributed by atoms with E-state index < -0.39 is 6.04 Å². The third kappa shape index (κ3) is 14.1. The van der Waals surface area contributed by atoms with E-state index in [4.69, 9.17) is 10.5 Å². The molecule has 126 valence electrons. The molecule has 21 heavy (non-hydrogen) atoms. The molecule has 0 rings (SSSR count). The van der Waals surface area contributed by atoms with Gasteiger partial charge in [-0.15, -0.1) is 0 Å². The van der Waals surface area contributed by atoms with Gasteiger partial charge in [0.25, 0.3) is 0 Å². The SMILES string of the molecule is CCCCCCCCCCCCCCC(N)C(=O)OCC. The van der Waals surface area contributed by atoms with Crippen molar-refractivity contribution in [1.29, 1.82) is 0 Å². The molecule has 0 aromatic carbocycles. The number of unbranched alkanes of at least 4 members (excludes halogenated alkanes) is 11. The van der Waals surface area contributed by atoms with Gasteiger partial charge in [0.15, 0.2) is 0 Å². The molecule has 0 aromatic rings. The lowest BCUT2D eigenvalue weighted by atomic mass is 10.0. The molecule has 0 amide bonds. The lowest BCUT2D eigenvalue weighted by Crippen LogP contribution is -2.32. The van der Waals surface area contributed by atoms with Crippen LogP contribution < -0.4 is 5.73 Å². The number of nitrogens with two attached hydrogens (primary N) is 1. The first-order valence-electron chi connectivity index (χ1n) is 9.14. The molecule has 0 aromatic heterocycles. The van der Waals surface area contributed by atoms with Crippen LogP contribution in [0, 0.1) is 0 Å². The maximum absolute atomic E-state index is 11.3. The Labute approximate surface area is 132 Å². The van der Waals surface area contributed by atoms with Gasteiger partial charge in [-0.05, 0) is 13.3 Å². The van der Waals surface area contributed by atoms with Crippen molar-refractivity contribution in [2.45, 2.75) is 103 Å². The van der Waals surface area contributed by atoms with Gasteiger partial charge >= 0.3 is 5.97 Å². The van der Waals surface area contributed by atoms with E-state index in [1.165, 1.54) is 70.6 Å². The van der Waals surface area contributed by atoms with E-state index >= 15 is 0 Å². The maximum Gasteiger partial charge on any atom is 0.322 e. The van der Waals surface area contributed by atoms with Gasteiger partial charge in [0.1, 0.15) is 6.04 Å². The molecule has 0 aliphatic heterocycles. The predicted molar refractivity (Wildman–Crippen MR) is 90.3 cm³/mol. The maximum atomic E-state index is 11.3. The second-order valence-corrected chi connectivity index (χ2v) is 6.04. The zero-order chi connectivity index (χ0) is 15.8. The Morgan fingerprint density at radius 1 is 0.810 bits per heavy atom. The van der Waals surface area contributed by atoms with Crippen molar-refractivity contribution in [3.63, 3.8) is 0 Å². The summed E-state index contributed by atoms with van der Waals surface area (Å²) in [5, 5.41) is 0. The summed E-state index contributed by atoms with van der Waals surface area (Å²) in [6.45, 7) is 4.50. The Balaban J connectivity index is 3.17. The molecule has 3 nitrogen and oxygen atoms in total. The lowest BCUT2D eigenvalue weighted by molar-refractivity contribution is -0.144. The Bertz CT molecular complexity index is 231. The summed E-state index contributed by atoms with van der Waals surface area (Å²) in [7, 11) is 0. The van der Waals surface area contributed by atoms with Crippen LogP contribution in [-0.2, 0) is 9.53 Å². The predicted octanol–water partition coefficient (Wildman–Crippen LogP) is 4.97. The van der Waals surface area contributed by atoms with Gasteiger partial charge in [0.2, 0.25) is 0 Å². The summed E-state index contributed by atoms with van der Waals surface area (Å²) in [5.41, 5.74) is 5.76. The highest BCUT2D eigenvalue weighted by atomic mass is 16.5. The number of hydrogen-bond donors (Lipinski definition) is 1. The summed E-state index contributed by atoms with van der Waals surface area (Å²) in [6.07, 6.45) is 16.7. The molecule has 0 saturated carbocycles. The average molecular weight is 299 g/mol. The molecule has 0 bridgehead atoms. The van der Waals surface area contributed by atoms with Gasteiger partial charge in [-0.25, -0.2) is 0 Å². The molecular weight excluding hydrogens is 262 g/mol. The van der Waals surface area contributed by atoms with Crippen LogP contribution in [-0.4, -0.2) is 18.6 Å². The molecule has 0 spiro atoms. The van der Waals surface area contributed by atoms with Crippen LogP contribution in [0.1, 0.15) is 97.3 Å². The fraction of sp³-hybridized carbons (Fsp3) is 0.944. The highest BCUT2D eigenvalue weighted by Gasteiger charge is 2.13. The minimum Gasteiger partial charge on any atom is -0.465 e. The van der Waals surface area contributed by atoms with Crippen LogP contribution in [0.4, 0.5) is 0 Å². The number of carbonyl (C=O) groups excluding carboxylic acids is 1. The van der Waals surface area contributed by atoms with Crippen molar-refractivity contribution in [1.82, 2.24) is 0 Å². The van der Waals surface area contributed by atoms with Gasteiger partial charge in [-0.2, -0.15) is 0 Å². The van der Waals surface area contributed by atoms with Crippen molar-refractivity contribution in [2.75, 3.05) is 6.61 Å². The summed E-state index contributed by atoms with van der Waals surface area (Å²) in [5.74, 6) is -0.249. The molecule has 0 heterocycles. The Morgan fingerprint density at radius 3 is 1.67 bits per heavy atom. The van der Waals surface area contributed by atoms with Gasteiger partial charge in [-0.1, -0.05) is 84.0 Å². The first-order valence-corrected chi connectivity index (χ1v) is 9.14. The molecule has 1 unspecified atom stereocenters. The molecule has 0 aliphatic rings. The van der Waals surface area contributed by atoms with Crippen molar-refractivity contribution < 1.29 is 9.53 Å². The summed E-state index contributed by atoms with van der Waals surface area (Å²) < 4.78 is 4.90. The van der Waals surface area contributed by atoms with E-state index in [1.807, 2.05) is 6.92 Å². The fourth-order valence-corrected chi connectivity index (χ4v) is 2.57. The zero-order valence-electron chi connectivity index (χ0n) is 14.4. The highest BCUT2D eigenvalue weighted by Crippen LogP contribution is 2.12. The van der Waals surface area contributed by atoms with E-state index in [9.17, 15) is 4.79 Å². The molecular formula is C18H37NO2. The third-order valence-corrected chi connectivity index (χ3v) is 3.96. The Hall–Kier alpha value is -0.570. The topological polar surface area (TPSA) is 52.3 Å². The summed E-state index contributed by atoms with van der Waals surface area (Å²) in [4.78, 5) is 11.3. The van der Waals surface area contributed by atoms with Crippen LogP contribution in [0.15, 0.2) is 0 Å². The minimum absolute atomic E-state index is 0.249. The van der Waals surface area contributed by atoms with Crippen LogP contribution in [0.25, 0.3) is 0 Å². The zero-order valence-corrected chi connectivity index (χ0v) is 14.4. The van der Waals surface area contributed by atoms with Crippen molar-refractivity contribution in [3.05, 3.63) is 0 Å². The molecule has 0 radical (unpaired) electrons. The minimum atomic E-state index is -0.423. The second kappa shape index (κ2) is 15.8. The van der Waals surface area contributed by atoms with Gasteiger partial charge < -0.3 is 10.5 Å². The van der Waals surface area contributed by atoms with Gasteiger partial charge in [0.05, 0.1) is 6.61 Å². The smallest absolute Gasteiger partial charge is 0.322 e. The Morgan fingerprint density at radius 2 is 1.24 bits per heavy atom. The first-order chi connectivity index (χ1) is 10.2. The number of carbonyl (C=O) groups is 1. The largest absolute Gasteiger partial charge is 0.465 e. The number of ether oxygens (including phenoxy) is 1. The molecule has 0 saturated heterocycles. The summed E-state index contributed by atoms with van der Waals surface area (Å²) >= 11 is 0. The van der Waals surface area contributed by atoms with Crippen LogP contribution in [0.3, 0.4) is 0 Å². The van der Waals surface area contributed by atoms with Crippen molar-refractivity contribution >= 4 is 5.97 Å². The average Bonchev–Trinajstić information content (AvgIpc) is 2.48. The van der Waals surface area contributed by atoms with Gasteiger partial charge in [0, 0.05) is 0 Å². The number of hydrogen-bond acceptors (Lipinski definition) is 3. The lowest BCUT2D eigenvalue weighted by Gasteiger charge is -2.09.